The number of anilines is 1. The summed E-state index contributed by atoms with van der Waals surface area (Å²) in [6, 6.07) is 11.2. The molecule has 0 atom stereocenters. The topological polar surface area (TPSA) is 111 Å². The van der Waals surface area contributed by atoms with E-state index in [1.165, 1.54) is 10.2 Å². The molecule has 198 valence electrons. The molecule has 2 fully saturated rings. The number of rotatable bonds is 9. The summed E-state index contributed by atoms with van der Waals surface area (Å²) in [7, 11) is -3.44. The van der Waals surface area contributed by atoms with Crippen molar-refractivity contribution < 1.29 is 22.6 Å². The van der Waals surface area contributed by atoms with E-state index in [4.69, 9.17) is 14.2 Å². The van der Waals surface area contributed by atoms with E-state index >= 15 is 0 Å². The molecule has 1 aromatic carbocycles. The Morgan fingerprint density at radius 2 is 1.76 bits per heavy atom. The molecule has 2 aliphatic heterocycles. The van der Waals surface area contributed by atoms with Gasteiger partial charge in [0.1, 0.15) is 6.61 Å². The fourth-order valence-electron chi connectivity index (χ4n) is 4.51. The number of nitrogens with zero attached hydrogens (tertiary/aromatic N) is 6. The van der Waals surface area contributed by atoms with Gasteiger partial charge in [-0.2, -0.15) is 10.1 Å². The minimum atomic E-state index is -3.44. The third-order valence-electron chi connectivity index (χ3n) is 6.44. The van der Waals surface area contributed by atoms with Gasteiger partial charge in [0.05, 0.1) is 44.7 Å². The summed E-state index contributed by atoms with van der Waals surface area (Å²) < 4.78 is 42.7. The highest BCUT2D eigenvalue weighted by molar-refractivity contribution is 7.89. The largest absolute Gasteiger partial charge is 0.476 e. The van der Waals surface area contributed by atoms with Crippen LogP contribution in [0.3, 0.4) is 0 Å². The van der Waals surface area contributed by atoms with Crippen LogP contribution in [0.1, 0.15) is 5.56 Å². The van der Waals surface area contributed by atoms with Gasteiger partial charge < -0.3 is 19.1 Å². The molecule has 0 radical (unpaired) electrons. The summed E-state index contributed by atoms with van der Waals surface area (Å²) in [5, 5.41) is 9.58. The van der Waals surface area contributed by atoms with Crippen LogP contribution in [0, 0.1) is 0 Å². The van der Waals surface area contributed by atoms with Crippen LogP contribution in [0.2, 0.25) is 0 Å². The third kappa shape index (κ3) is 6.45. The summed E-state index contributed by atoms with van der Waals surface area (Å²) >= 11 is 0. The maximum absolute atomic E-state index is 12.2. The van der Waals surface area contributed by atoms with E-state index in [0.29, 0.717) is 37.0 Å². The predicted molar refractivity (Wildman–Crippen MR) is 140 cm³/mol. The Balaban J connectivity index is 1.34. The lowest BCUT2D eigenvalue weighted by Gasteiger charge is -2.29. The molecule has 0 N–H and O–H groups in total. The zero-order chi connectivity index (χ0) is 25.7. The summed E-state index contributed by atoms with van der Waals surface area (Å²) in [5.41, 5.74) is 2.36. The predicted octanol–water partition coefficient (Wildman–Crippen LogP) is 2.68. The first-order valence-electron chi connectivity index (χ1n) is 12.4. The molecule has 0 aliphatic carbocycles. The quantitative estimate of drug-likeness (QED) is 0.390. The molecular weight excluding hydrogens is 496 g/mol. The second-order valence-electron chi connectivity index (χ2n) is 9.05. The average molecular weight is 529 g/mol. The maximum atomic E-state index is 12.2. The van der Waals surface area contributed by atoms with E-state index in [-0.39, 0.29) is 6.54 Å². The van der Waals surface area contributed by atoms with Crippen molar-refractivity contribution >= 4 is 32.4 Å². The van der Waals surface area contributed by atoms with Crippen molar-refractivity contribution in [3.8, 4) is 5.88 Å². The molecule has 0 spiro atoms. The fourth-order valence-corrected chi connectivity index (χ4v) is 5.35. The molecular formula is C25H32N6O5S. The minimum absolute atomic E-state index is 0.222. The molecule has 11 nitrogen and oxygen atoms in total. The smallest absolute Gasteiger partial charge is 0.236 e. The van der Waals surface area contributed by atoms with Gasteiger partial charge in [-0.1, -0.05) is 18.2 Å². The molecule has 3 aromatic rings. The van der Waals surface area contributed by atoms with Gasteiger partial charge in [0.2, 0.25) is 15.9 Å². The van der Waals surface area contributed by atoms with Crippen LogP contribution in [0.5, 0.6) is 5.88 Å². The van der Waals surface area contributed by atoms with Gasteiger partial charge in [-0.05, 0) is 6.07 Å². The fraction of sp³-hybridized carbons (Fsp3) is 0.480. The zero-order valence-electron chi connectivity index (χ0n) is 21.0. The van der Waals surface area contributed by atoms with Gasteiger partial charge in [0.15, 0.2) is 5.82 Å². The SMILES string of the molecule is CS(=O)(=O)n1cc(CN=Nc2cc(N3CCOCC3)cc(OCCN3CCOCC3)n2)c2ccccc21. The Morgan fingerprint density at radius 3 is 2.51 bits per heavy atom. The highest BCUT2D eigenvalue weighted by Gasteiger charge is 2.16. The molecule has 2 aliphatic rings. The molecule has 0 amide bonds. The Labute approximate surface area is 216 Å². The van der Waals surface area contributed by atoms with Crippen LogP contribution in [-0.2, 0) is 26.0 Å². The standard InChI is InChI=1S/C25H32N6O5S/c1-37(32,33)31-19-20(22-4-2-3-5-23(22)31)18-26-28-24-16-21(30-9-13-35-14-10-30)17-25(27-24)36-15-8-29-6-11-34-12-7-29/h2-5,16-17,19H,6-15,18H2,1H3. The first-order chi connectivity index (χ1) is 18.0. The van der Waals surface area contributed by atoms with Crippen LogP contribution in [0.4, 0.5) is 11.5 Å². The van der Waals surface area contributed by atoms with Crippen molar-refractivity contribution in [1.29, 1.82) is 0 Å². The highest BCUT2D eigenvalue weighted by Crippen LogP contribution is 2.28. The van der Waals surface area contributed by atoms with Crippen LogP contribution in [-0.4, -0.2) is 94.3 Å². The van der Waals surface area contributed by atoms with E-state index in [9.17, 15) is 8.42 Å². The number of aromatic nitrogens is 2. The van der Waals surface area contributed by atoms with Gasteiger partial charge in [-0.15, -0.1) is 5.11 Å². The van der Waals surface area contributed by atoms with Gasteiger partial charge in [0.25, 0.3) is 0 Å². The molecule has 12 heteroatoms. The van der Waals surface area contributed by atoms with E-state index in [0.717, 1.165) is 62.6 Å². The van der Waals surface area contributed by atoms with Crippen molar-refractivity contribution in [3.05, 3.63) is 48.2 Å². The second-order valence-corrected chi connectivity index (χ2v) is 10.9. The van der Waals surface area contributed by atoms with Crippen molar-refractivity contribution in [1.82, 2.24) is 13.9 Å². The summed E-state index contributed by atoms with van der Waals surface area (Å²) in [5.74, 6) is 0.942. The normalized spacial score (nSPS) is 17.6. The van der Waals surface area contributed by atoms with Crippen LogP contribution < -0.4 is 9.64 Å². The first-order valence-corrected chi connectivity index (χ1v) is 14.3. The lowest BCUT2D eigenvalue weighted by Crippen LogP contribution is -2.38. The lowest BCUT2D eigenvalue weighted by atomic mass is 10.2. The Morgan fingerprint density at radius 1 is 1.03 bits per heavy atom. The number of para-hydroxylation sites is 1. The highest BCUT2D eigenvalue weighted by atomic mass is 32.2. The van der Waals surface area contributed by atoms with Crippen LogP contribution in [0.15, 0.2) is 52.8 Å². The number of hydrogen-bond acceptors (Lipinski definition) is 10. The van der Waals surface area contributed by atoms with Crippen molar-refractivity contribution in [2.45, 2.75) is 6.54 Å². The molecule has 4 heterocycles. The number of hydrogen-bond donors (Lipinski definition) is 0. The van der Waals surface area contributed by atoms with E-state index in [1.54, 1.807) is 12.3 Å². The molecule has 2 aromatic heterocycles. The van der Waals surface area contributed by atoms with Crippen molar-refractivity contribution in [3.63, 3.8) is 0 Å². The minimum Gasteiger partial charge on any atom is -0.476 e. The summed E-state index contributed by atoms with van der Waals surface area (Å²) in [6.45, 7) is 7.72. The zero-order valence-corrected chi connectivity index (χ0v) is 21.8. The molecule has 37 heavy (non-hydrogen) atoms. The van der Waals surface area contributed by atoms with E-state index in [2.05, 4.69) is 25.0 Å². The van der Waals surface area contributed by atoms with Crippen molar-refractivity contribution in [2.75, 3.05) is 76.9 Å². The Bertz CT molecular complexity index is 1350. The molecule has 0 saturated carbocycles. The average Bonchev–Trinajstić information content (AvgIpc) is 3.29. The number of fused-ring (bicyclic) bond motifs is 1. The summed E-state index contributed by atoms with van der Waals surface area (Å²) in [6.07, 6.45) is 2.79. The molecule has 0 unspecified atom stereocenters. The number of pyridine rings is 1. The number of azo groups is 1. The monoisotopic (exact) mass is 528 g/mol. The second kappa shape index (κ2) is 11.5. The van der Waals surface area contributed by atoms with E-state index in [1.807, 2.05) is 30.3 Å². The van der Waals surface area contributed by atoms with Gasteiger partial charge >= 0.3 is 0 Å². The lowest BCUT2D eigenvalue weighted by molar-refractivity contribution is 0.0320. The number of morpholine rings is 2. The van der Waals surface area contributed by atoms with Crippen LogP contribution in [0.25, 0.3) is 10.9 Å². The number of ether oxygens (including phenoxy) is 3. The Kier molecular flexibility index (Phi) is 7.99. The van der Waals surface area contributed by atoms with Crippen LogP contribution >= 0.6 is 0 Å². The van der Waals surface area contributed by atoms with E-state index < -0.39 is 10.0 Å². The Hall–Kier alpha value is -3.06. The first kappa shape index (κ1) is 25.6. The van der Waals surface area contributed by atoms with Gasteiger partial charge in [-0.25, -0.2) is 12.4 Å². The van der Waals surface area contributed by atoms with Gasteiger partial charge in [0, 0.05) is 67.7 Å². The summed E-state index contributed by atoms with van der Waals surface area (Å²) in [4.78, 5) is 9.09. The van der Waals surface area contributed by atoms with Crippen molar-refractivity contribution in [2.24, 2.45) is 10.2 Å². The third-order valence-corrected chi connectivity index (χ3v) is 7.46. The van der Waals surface area contributed by atoms with Gasteiger partial charge in [-0.3, -0.25) is 4.90 Å². The molecule has 2 saturated heterocycles. The molecule has 5 rings (SSSR count). The molecule has 0 bridgehead atoms. The maximum Gasteiger partial charge on any atom is 0.236 e. The number of benzene rings is 1.